The summed E-state index contributed by atoms with van der Waals surface area (Å²) in [5.74, 6) is -2.87. The highest BCUT2D eigenvalue weighted by atomic mass is 32.2. The first kappa shape index (κ1) is 28.6. The van der Waals surface area contributed by atoms with Gasteiger partial charge in [0.2, 0.25) is 10.0 Å². The summed E-state index contributed by atoms with van der Waals surface area (Å²) in [6.45, 7) is 1.23. The molecule has 0 radical (unpaired) electrons. The molecule has 1 amide bonds. The smallest absolute Gasteiger partial charge is 0.258 e. The van der Waals surface area contributed by atoms with Crippen LogP contribution in [0.25, 0.3) is 11.0 Å². The molecule has 1 spiro atoms. The van der Waals surface area contributed by atoms with Crippen molar-refractivity contribution in [1.29, 1.82) is 0 Å². The molecule has 2 aromatic heterocycles. The Kier molecular flexibility index (Phi) is 7.24. The van der Waals surface area contributed by atoms with Gasteiger partial charge in [0.25, 0.3) is 11.8 Å². The number of aromatic nitrogens is 3. The zero-order chi connectivity index (χ0) is 29.7. The number of nitrogens with zero attached hydrogens (tertiary/aromatic N) is 5. The molecule has 1 aliphatic carbocycles. The fourth-order valence-corrected chi connectivity index (χ4v) is 6.75. The van der Waals surface area contributed by atoms with E-state index in [1.165, 1.54) is 18.9 Å². The summed E-state index contributed by atoms with van der Waals surface area (Å²) in [5, 5.41) is 12.0. The van der Waals surface area contributed by atoms with Gasteiger partial charge >= 0.3 is 0 Å². The topological polar surface area (TPSA) is 133 Å². The Morgan fingerprint density at radius 1 is 1.02 bits per heavy atom. The fraction of sp³-hybridized carbons (Fsp3) is 0.536. The molecule has 4 heterocycles. The first-order valence-corrected chi connectivity index (χ1v) is 15.9. The number of carbonyl (C=O) groups excluding carboxylic acids is 1. The Morgan fingerprint density at radius 3 is 2.38 bits per heavy atom. The van der Waals surface area contributed by atoms with Gasteiger partial charge in [-0.3, -0.25) is 9.52 Å². The second kappa shape index (κ2) is 10.6. The van der Waals surface area contributed by atoms with Gasteiger partial charge in [-0.25, -0.2) is 27.2 Å². The quantitative estimate of drug-likeness (QED) is 0.356. The Hall–Kier alpha value is -3.52. The summed E-state index contributed by atoms with van der Waals surface area (Å²) in [4.78, 5) is 26.7. The molecule has 2 saturated heterocycles. The molecule has 3 aliphatic rings. The second-order valence-corrected chi connectivity index (χ2v) is 13.6. The summed E-state index contributed by atoms with van der Waals surface area (Å²) in [6, 6.07) is 6.47. The highest BCUT2D eigenvalue weighted by Gasteiger charge is 2.44. The van der Waals surface area contributed by atoms with Crippen molar-refractivity contribution in [2.75, 3.05) is 58.4 Å². The highest BCUT2D eigenvalue weighted by Crippen LogP contribution is 2.54. The number of hydrogen-bond donors (Lipinski definition) is 3. The Labute approximate surface area is 243 Å². The van der Waals surface area contributed by atoms with Crippen molar-refractivity contribution in [3.8, 4) is 0 Å². The maximum atomic E-state index is 13.9. The lowest BCUT2D eigenvalue weighted by Crippen LogP contribution is -2.40. The van der Waals surface area contributed by atoms with Crippen LogP contribution in [-0.4, -0.2) is 78.4 Å². The van der Waals surface area contributed by atoms with Crippen molar-refractivity contribution < 1.29 is 27.1 Å². The van der Waals surface area contributed by atoms with Crippen molar-refractivity contribution in [2.24, 2.45) is 12.5 Å². The first-order valence-electron chi connectivity index (χ1n) is 14.2. The van der Waals surface area contributed by atoms with Crippen LogP contribution in [0, 0.1) is 5.41 Å². The third-order valence-electron chi connectivity index (χ3n) is 8.73. The molecule has 14 heteroatoms. The molecule has 0 bridgehead atoms. The monoisotopic (exact) mass is 603 g/mol. The van der Waals surface area contributed by atoms with E-state index in [0.717, 1.165) is 25.9 Å². The van der Waals surface area contributed by atoms with E-state index in [4.69, 9.17) is 5.11 Å². The van der Waals surface area contributed by atoms with E-state index in [9.17, 15) is 22.0 Å². The number of pyridine rings is 1. The van der Waals surface area contributed by atoms with E-state index in [2.05, 4.69) is 24.9 Å². The summed E-state index contributed by atoms with van der Waals surface area (Å²) in [6.07, 6.45) is 5.50. The maximum absolute atomic E-state index is 13.9. The standard InChI is InChI=1S/C28H35F2N7O4S/c1-35-18-31-24-22(35)17-23(32-25(24)37-12-8-28(29,30)9-13-37)33-26(39)20-3-2-19(34-42(40,41)15-14-38)16-21(20)36-10-6-27(4-5-27)7-11-36/h2-3,16-18,34,38H,4-15H2,1H3,(H,32,33,39). The number of piperidine rings is 2. The predicted molar refractivity (Wildman–Crippen MR) is 157 cm³/mol. The fourth-order valence-electron chi connectivity index (χ4n) is 5.92. The molecule has 3 aromatic rings. The van der Waals surface area contributed by atoms with Crippen LogP contribution in [0.5, 0.6) is 0 Å². The predicted octanol–water partition coefficient (Wildman–Crippen LogP) is 3.57. The number of benzene rings is 1. The number of aliphatic hydroxyl groups excluding tert-OH is 1. The molecular weight excluding hydrogens is 568 g/mol. The molecule has 3 N–H and O–H groups in total. The number of rotatable bonds is 8. The number of aryl methyl sites for hydroxylation is 1. The maximum Gasteiger partial charge on any atom is 0.258 e. The number of amides is 1. The van der Waals surface area contributed by atoms with Gasteiger partial charge < -0.3 is 24.8 Å². The summed E-state index contributed by atoms with van der Waals surface area (Å²) >= 11 is 0. The first-order chi connectivity index (χ1) is 20.0. The number of anilines is 4. The third kappa shape index (κ3) is 5.87. The van der Waals surface area contributed by atoms with Crippen LogP contribution in [0.1, 0.15) is 48.9 Å². The minimum Gasteiger partial charge on any atom is -0.395 e. The van der Waals surface area contributed by atoms with Crippen molar-refractivity contribution in [3.63, 3.8) is 0 Å². The van der Waals surface area contributed by atoms with Crippen LogP contribution < -0.4 is 19.8 Å². The van der Waals surface area contributed by atoms with Gasteiger partial charge in [0.15, 0.2) is 5.82 Å². The van der Waals surface area contributed by atoms with Crippen LogP contribution in [0.3, 0.4) is 0 Å². The minimum absolute atomic E-state index is 0.122. The van der Waals surface area contributed by atoms with Gasteiger partial charge in [-0.15, -0.1) is 0 Å². The number of aliphatic hydroxyl groups is 1. The number of fused-ring (bicyclic) bond motifs is 1. The number of sulfonamides is 1. The third-order valence-corrected chi connectivity index (χ3v) is 9.99. The van der Waals surface area contributed by atoms with E-state index in [0.29, 0.717) is 39.2 Å². The van der Waals surface area contributed by atoms with Gasteiger partial charge in [-0.05, 0) is 49.3 Å². The minimum atomic E-state index is -3.75. The molecule has 1 aromatic carbocycles. The van der Waals surface area contributed by atoms with Crippen molar-refractivity contribution in [1.82, 2.24) is 14.5 Å². The number of nitrogens with one attached hydrogen (secondary N) is 2. The number of carbonyl (C=O) groups is 1. The van der Waals surface area contributed by atoms with Crippen molar-refractivity contribution in [3.05, 3.63) is 36.2 Å². The molecular formula is C28H35F2N7O4S. The van der Waals surface area contributed by atoms with E-state index in [-0.39, 0.29) is 31.7 Å². The van der Waals surface area contributed by atoms with E-state index in [1.54, 1.807) is 34.0 Å². The van der Waals surface area contributed by atoms with Crippen LogP contribution in [0.2, 0.25) is 0 Å². The lowest BCUT2D eigenvalue weighted by molar-refractivity contribution is -0.0221. The second-order valence-electron chi connectivity index (χ2n) is 11.7. The normalized spacial score (nSPS) is 19.7. The summed E-state index contributed by atoms with van der Waals surface area (Å²) in [7, 11) is -1.94. The number of hydrogen-bond acceptors (Lipinski definition) is 8. The SMILES string of the molecule is Cn1cnc2c(N3CCC(F)(F)CC3)nc(NC(=O)c3ccc(NS(=O)(=O)CCO)cc3N3CCC4(CC3)CC4)cc21. The summed E-state index contributed by atoms with van der Waals surface area (Å²) < 4.78 is 56.7. The largest absolute Gasteiger partial charge is 0.395 e. The lowest BCUT2D eigenvalue weighted by Gasteiger charge is -2.35. The van der Waals surface area contributed by atoms with Crippen molar-refractivity contribution >= 4 is 50.0 Å². The van der Waals surface area contributed by atoms with Gasteiger partial charge in [0.1, 0.15) is 11.3 Å². The molecule has 6 rings (SSSR count). The van der Waals surface area contributed by atoms with Crippen LogP contribution >= 0.6 is 0 Å². The van der Waals surface area contributed by atoms with Crippen LogP contribution in [0.4, 0.5) is 31.8 Å². The lowest BCUT2D eigenvalue weighted by atomic mass is 9.93. The molecule has 11 nitrogen and oxygen atoms in total. The molecule has 226 valence electrons. The molecule has 0 unspecified atom stereocenters. The number of alkyl halides is 2. The zero-order valence-corrected chi connectivity index (χ0v) is 24.3. The Morgan fingerprint density at radius 2 is 1.71 bits per heavy atom. The Bertz CT molecular complexity index is 1600. The molecule has 0 atom stereocenters. The molecule has 3 fully saturated rings. The van der Waals surface area contributed by atoms with E-state index >= 15 is 0 Å². The Balaban J connectivity index is 1.31. The number of halogens is 2. The average molecular weight is 604 g/mol. The number of imidazole rings is 1. The zero-order valence-electron chi connectivity index (χ0n) is 23.4. The van der Waals surface area contributed by atoms with Gasteiger partial charge in [-0.2, -0.15) is 0 Å². The van der Waals surface area contributed by atoms with Gasteiger partial charge in [-0.1, -0.05) is 0 Å². The average Bonchev–Trinajstić information content (AvgIpc) is 3.59. The highest BCUT2D eigenvalue weighted by molar-refractivity contribution is 7.92. The van der Waals surface area contributed by atoms with E-state index < -0.39 is 34.2 Å². The van der Waals surface area contributed by atoms with Gasteiger partial charge in [0, 0.05) is 52.1 Å². The van der Waals surface area contributed by atoms with Crippen LogP contribution in [0.15, 0.2) is 30.6 Å². The van der Waals surface area contributed by atoms with Crippen molar-refractivity contribution in [2.45, 2.75) is 44.4 Å². The van der Waals surface area contributed by atoms with Gasteiger partial charge in [0.05, 0.1) is 41.1 Å². The molecule has 2 aliphatic heterocycles. The van der Waals surface area contributed by atoms with Crippen LogP contribution in [-0.2, 0) is 17.1 Å². The molecule has 42 heavy (non-hydrogen) atoms. The molecule has 1 saturated carbocycles. The summed E-state index contributed by atoms with van der Waals surface area (Å²) in [5.41, 5.74) is 2.94. The van der Waals surface area contributed by atoms with E-state index in [1.807, 2.05) is 7.05 Å².